The number of hydrogen-bond acceptors (Lipinski definition) is 4. The molecule has 0 aromatic heterocycles. The molecule has 0 unspecified atom stereocenters. The first-order valence-corrected chi connectivity index (χ1v) is 7.35. The summed E-state index contributed by atoms with van der Waals surface area (Å²) in [6, 6.07) is 15.9. The van der Waals surface area contributed by atoms with E-state index in [0.29, 0.717) is 0 Å². The normalized spacial score (nSPS) is 10.7. The predicted octanol–water partition coefficient (Wildman–Crippen LogP) is 2.12. The molecule has 0 aliphatic rings. The molecule has 4 nitrogen and oxygen atoms in total. The van der Waals surface area contributed by atoms with Gasteiger partial charge >= 0.3 is 0 Å². The average Bonchev–Trinajstić information content (AvgIpc) is 2.50. The Balaban J connectivity index is 1.57. The van der Waals surface area contributed by atoms with Crippen LogP contribution in [0.5, 0.6) is 0 Å². The molecule has 0 saturated carbocycles. The molecule has 0 saturated heterocycles. The van der Waals surface area contributed by atoms with Crippen molar-refractivity contribution in [2.45, 2.75) is 19.5 Å². The lowest BCUT2D eigenvalue weighted by atomic mass is 10.2. The van der Waals surface area contributed by atoms with Crippen molar-refractivity contribution in [2.24, 2.45) is 0 Å². The van der Waals surface area contributed by atoms with Crippen LogP contribution in [0.25, 0.3) is 0 Å². The molecule has 0 aliphatic heterocycles. The predicted molar refractivity (Wildman–Crippen MR) is 89.7 cm³/mol. The average molecular weight is 284 g/mol. The van der Waals surface area contributed by atoms with E-state index >= 15 is 0 Å². The van der Waals surface area contributed by atoms with E-state index in [-0.39, 0.29) is 0 Å². The van der Waals surface area contributed by atoms with Gasteiger partial charge in [-0.3, -0.25) is 0 Å². The van der Waals surface area contributed by atoms with Crippen LogP contribution < -0.4 is 22.1 Å². The number of nitrogens with two attached hydrogens (primary N) is 2. The summed E-state index contributed by atoms with van der Waals surface area (Å²) >= 11 is 0. The highest BCUT2D eigenvalue weighted by atomic mass is 14.9. The van der Waals surface area contributed by atoms with Gasteiger partial charge in [0.05, 0.1) is 0 Å². The monoisotopic (exact) mass is 284 g/mol. The zero-order valence-electron chi connectivity index (χ0n) is 12.3. The van der Waals surface area contributed by atoms with E-state index in [1.54, 1.807) is 0 Å². The van der Waals surface area contributed by atoms with Crippen molar-refractivity contribution in [1.29, 1.82) is 0 Å². The SMILES string of the molecule is Nc1ccccc1CNCCCNCc1ccccc1N. The molecule has 2 aromatic carbocycles. The Kier molecular flexibility index (Phi) is 6.06. The summed E-state index contributed by atoms with van der Waals surface area (Å²) < 4.78 is 0. The third kappa shape index (κ3) is 5.10. The van der Waals surface area contributed by atoms with E-state index in [0.717, 1.165) is 55.1 Å². The maximum Gasteiger partial charge on any atom is 0.0359 e. The molecule has 0 spiro atoms. The summed E-state index contributed by atoms with van der Waals surface area (Å²) in [5.41, 5.74) is 15.8. The van der Waals surface area contributed by atoms with Gasteiger partial charge in [0, 0.05) is 24.5 Å². The Bertz CT molecular complexity index is 504. The van der Waals surface area contributed by atoms with Crippen LogP contribution in [0, 0.1) is 0 Å². The summed E-state index contributed by atoms with van der Waals surface area (Å²) in [4.78, 5) is 0. The molecule has 0 fully saturated rings. The summed E-state index contributed by atoms with van der Waals surface area (Å²) in [5, 5.41) is 6.82. The Morgan fingerprint density at radius 2 is 1.10 bits per heavy atom. The largest absolute Gasteiger partial charge is 0.398 e. The zero-order valence-corrected chi connectivity index (χ0v) is 12.3. The number of para-hydroxylation sites is 2. The van der Waals surface area contributed by atoms with Crippen LogP contribution in [0.15, 0.2) is 48.5 Å². The van der Waals surface area contributed by atoms with Gasteiger partial charge in [-0.25, -0.2) is 0 Å². The van der Waals surface area contributed by atoms with Crippen molar-refractivity contribution in [2.75, 3.05) is 24.6 Å². The van der Waals surface area contributed by atoms with Crippen LogP contribution >= 0.6 is 0 Å². The Hall–Kier alpha value is -2.04. The molecular formula is C17H24N4. The Morgan fingerprint density at radius 1 is 0.667 bits per heavy atom. The van der Waals surface area contributed by atoms with Crippen LogP contribution in [0.3, 0.4) is 0 Å². The molecule has 112 valence electrons. The summed E-state index contributed by atoms with van der Waals surface area (Å²) in [5.74, 6) is 0. The van der Waals surface area contributed by atoms with E-state index in [9.17, 15) is 0 Å². The van der Waals surface area contributed by atoms with Crippen LogP contribution in [-0.2, 0) is 13.1 Å². The second-order valence-electron chi connectivity index (χ2n) is 5.10. The molecule has 0 radical (unpaired) electrons. The molecule has 2 rings (SSSR count). The smallest absolute Gasteiger partial charge is 0.0359 e. The molecule has 0 bridgehead atoms. The lowest BCUT2D eigenvalue weighted by Crippen LogP contribution is -2.22. The first-order valence-electron chi connectivity index (χ1n) is 7.35. The van der Waals surface area contributed by atoms with Crippen LogP contribution in [0.1, 0.15) is 17.5 Å². The summed E-state index contributed by atoms with van der Waals surface area (Å²) in [7, 11) is 0. The third-order valence-electron chi connectivity index (χ3n) is 3.45. The fourth-order valence-electron chi connectivity index (χ4n) is 2.17. The van der Waals surface area contributed by atoms with E-state index in [4.69, 9.17) is 11.5 Å². The quantitative estimate of drug-likeness (QED) is 0.442. The van der Waals surface area contributed by atoms with Gasteiger partial charge in [0.25, 0.3) is 0 Å². The number of benzene rings is 2. The van der Waals surface area contributed by atoms with E-state index in [2.05, 4.69) is 22.8 Å². The minimum atomic E-state index is 0.818. The van der Waals surface area contributed by atoms with Gasteiger partial charge in [0.1, 0.15) is 0 Å². The molecular weight excluding hydrogens is 260 g/mol. The molecule has 0 heterocycles. The van der Waals surface area contributed by atoms with E-state index < -0.39 is 0 Å². The zero-order chi connectivity index (χ0) is 14.9. The first kappa shape index (κ1) is 15.4. The first-order chi connectivity index (χ1) is 10.3. The second kappa shape index (κ2) is 8.29. The molecule has 0 atom stereocenters. The molecule has 21 heavy (non-hydrogen) atoms. The van der Waals surface area contributed by atoms with Crippen LogP contribution in [-0.4, -0.2) is 13.1 Å². The highest BCUT2D eigenvalue weighted by Gasteiger charge is 1.98. The molecule has 0 aliphatic carbocycles. The topological polar surface area (TPSA) is 76.1 Å². The van der Waals surface area contributed by atoms with Gasteiger partial charge in [-0.15, -0.1) is 0 Å². The number of nitrogen functional groups attached to an aromatic ring is 2. The van der Waals surface area contributed by atoms with Gasteiger partial charge < -0.3 is 22.1 Å². The van der Waals surface area contributed by atoms with Crippen molar-refractivity contribution >= 4 is 11.4 Å². The number of anilines is 2. The van der Waals surface area contributed by atoms with Crippen molar-refractivity contribution in [1.82, 2.24) is 10.6 Å². The molecule has 0 amide bonds. The molecule has 6 N–H and O–H groups in total. The summed E-state index contributed by atoms with van der Waals surface area (Å²) in [6.07, 6.45) is 1.07. The van der Waals surface area contributed by atoms with Gasteiger partial charge in [0.15, 0.2) is 0 Å². The maximum atomic E-state index is 5.90. The maximum absolute atomic E-state index is 5.90. The van der Waals surface area contributed by atoms with Crippen molar-refractivity contribution in [3.05, 3.63) is 59.7 Å². The number of nitrogens with one attached hydrogen (secondary N) is 2. The third-order valence-corrected chi connectivity index (χ3v) is 3.45. The fraction of sp³-hybridized carbons (Fsp3) is 0.294. The number of hydrogen-bond donors (Lipinski definition) is 4. The van der Waals surface area contributed by atoms with Crippen LogP contribution in [0.4, 0.5) is 11.4 Å². The Morgan fingerprint density at radius 3 is 1.52 bits per heavy atom. The lowest BCUT2D eigenvalue weighted by Gasteiger charge is -2.09. The van der Waals surface area contributed by atoms with Gasteiger partial charge in [-0.05, 0) is 42.8 Å². The van der Waals surface area contributed by atoms with Crippen LogP contribution in [0.2, 0.25) is 0 Å². The van der Waals surface area contributed by atoms with Gasteiger partial charge in [-0.2, -0.15) is 0 Å². The van der Waals surface area contributed by atoms with E-state index in [1.165, 1.54) is 0 Å². The van der Waals surface area contributed by atoms with Crippen molar-refractivity contribution in [3.63, 3.8) is 0 Å². The highest BCUT2D eigenvalue weighted by molar-refractivity contribution is 5.46. The lowest BCUT2D eigenvalue weighted by molar-refractivity contribution is 0.596. The summed E-state index contributed by atoms with van der Waals surface area (Å²) in [6.45, 7) is 3.56. The minimum absolute atomic E-state index is 0.818. The number of rotatable bonds is 8. The minimum Gasteiger partial charge on any atom is -0.398 e. The fourth-order valence-corrected chi connectivity index (χ4v) is 2.17. The van der Waals surface area contributed by atoms with E-state index in [1.807, 2.05) is 36.4 Å². The Labute approximate surface area is 126 Å². The van der Waals surface area contributed by atoms with Crippen molar-refractivity contribution < 1.29 is 0 Å². The molecule has 4 heteroatoms. The standard InChI is InChI=1S/C17H24N4/c18-16-8-3-1-6-14(16)12-20-10-5-11-21-13-15-7-2-4-9-17(15)19/h1-4,6-9,20-21H,5,10-13,18-19H2. The van der Waals surface area contributed by atoms with Gasteiger partial charge in [-0.1, -0.05) is 36.4 Å². The second-order valence-corrected chi connectivity index (χ2v) is 5.10. The molecule has 2 aromatic rings. The van der Waals surface area contributed by atoms with Crippen molar-refractivity contribution in [3.8, 4) is 0 Å². The highest BCUT2D eigenvalue weighted by Crippen LogP contribution is 2.10. The van der Waals surface area contributed by atoms with Gasteiger partial charge in [0.2, 0.25) is 0 Å².